The molecule has 1 aromatic heterocycles. The number of rotatable bonds is 2. The van der Waals surface area contributed by atoms with Crippen molar-refractivity contribution < 1.29 is 14.3 Å². The van der Waals surface area contributed by atoms with Crippen LogP contribution in [0, 0.1) is 16.0 Å². The summed E-state index contributed by atoms with van der Waals surface area (Å²) in [7, 11) is 0. The Balaban J connectivity index is 2.09. The molecule has 5 nitrogen and oxygen atoms in total. The van der Waals surface area contributed by atoms with Gasteiger partial charge in [0.05, 0.1) is 0 Å². The minimum Gasteiger partial charge on any atom is -0.477 e. The molecule has 2 aliphatic heterocycles. The molecular formula is C23H24N2O3S. The van der Waals surface area contributed by atoms with Crippen LogP contribution in [-0.4, -0.2) is 24.2 Å². The van der Waals surface area contributed by atoms with E-state index in [0.29, 0.717) is 5.56 Å². The zero-order chi connectivity index (χ0) is 21.1. The minimum absolute atomic E-state index is 0.0315. The topological polar surface area (TPSA) is 77.5 Å². The first-order chi connectivity index (χ1) is 13.5. The Hall–Kier alpha value is -2.65. The maximum atomic E-state index is 11.3. The number of carboxylic acid groups (broad SMARTS) is 1. The summed E-state index contributed by atoms with van der Waals surface area (Å²) >= 11 is 5.43. The number of benzene rings is 1. The van der Waals surface area contributed by atoms with Gasteiger partial charge in [0, 0.05) is 35.3 Å². The van der Waals surface area contributed by atoms with Crippen molar-refractivity contribution in [3.05, 3.63) is 39.1 Å². The third-order valence-electron chi connectivity index (χ3n) is 6.41. The van der Waals surface area contributed by atoms with Crippen molar-refractivity contribution in [2.24, 2.45) is 0 Å². The highest BCUT2D eigenvalue weighted by atomic mass is 32.1. The second kappa shape index (κ2) is 6.43. The largest absolute Gasteiger partial charge is 0.477 e. The molecule has 0 unspecified atom stereocenters. The molecule has 29 heavy (non-hydrogen) atoms. The fourth-order valence-corrected chi connectivity index (χ4v) is 4.77. The van der Waals surface area contributed by atoms with Gasteiger partial charge in [-0.1, -0.05) is 27.7 Å². The minimum atomic E-state index is -1.28. The number of nitriles is 1. The summed E-state index contributed by atoms with van der Waals surface area (Å²) in [6, 6.07) is 5.72. The first-order valence-corrected chi connectivity index (χ1v) is 10.2. The van der Waals surface area contributed by atoms with Crippen LogP contribution < -0.4 is 4.90 Å². The van der Waals surface area contributed by atoms with Crippen LogP contribution in [0.4, 0.5) is 5.69 Å². The summed E-state index contributed by atoms with van der Waals surface area (Å²) in [5.41, 5.74) is 4.57. The maximum Gasteiger partial charge on any atom is 0.346 e. The fourth-order valence-electron chi connectivity index (χ4n) is 4.57. The van der Waals surface area contributed by atoms with Crippen molar-refractivity contribution in [3.63, 3.8) is 0 Å². The van der Waals surface area contributed by atoms with Gasteiger partial charge in [-0.3, -0.25) is 0 Å². The first kappa shape index (κ1) is 19.7. The van der Waals surface area contributed by atoms with Gasteiger partial charge >= 0.3 is 5.97 Å². The molecule has 0 amide bonds. The van der Waals surface area contributed by atoms with E-state index in [4.69, 9.17) is 21.9 Å². The molecule has 0 radical (unpaired) electrons. The SMILES string of the molecule is CC1(C)CCN2CCC(C)(C)c3c2c1cc1cc(/C=C(/C#N)C(=O)O)c(=S)oc31. The summed E-state index contributed by atoms with van der Waals surface area (Å²) in [6.07, 6.45) is 3.40. The van der Waals surface area contributed by atoms with E-state index >= 15 is 0 Å². The number of hydrogen-bond donors (Lipinski definition) is 1. The molecule has 0 atom stereocenters. The summed E-state index contributed by atoms with van der Waals surface area (Å²) < 4.78 is 6.33. The number of carboxylic acids is 1. The Morgan fingerprint density at radius 3 is 2.52 bits per heavy atom. The van der Waals surface area contributed by atoms with Gasteiger partial charge in [0.2, 0.25) is 0 Å². The van der Waals surface area contributed by atoms with Gasteiger partial charge in [-0.05, 0) is 59.7 Å². The molecule has 4 rings (SSSR count). The number of nitrogens with zero attached hydrogens (tertiary/aromatic N) is 2. The average molecular weight is 409 g/mol. The Labute approximate surface area is 175 Å². The molecule has 0 bridgehead atoms. The van der Waals surface area contributed by atoms with Gasteiger partial charge < -0.3 is 14.4 Å². The second-order valence-electron chi connectivity index (χ2n) is 9.29. The predicted molar refractivity (Wildman–Crippen MR) is 116 cm³/mol. The van der Waals surface area contributed by atoms with Crippen molar-refractivity contribution in [2.45, 2.75) is 51.4 Å². The molecule has 3 heterocycles. The van der Waals surface area contributed by atoms with Crippen LogP contribution in [-0.2, 0) is 15.6 Å². The summed E-state index contributed by atoms with van der Waals surface area (Å²) in [5.74, 6) is -1.28. The summed E-state index contributed by atoms with van der Waals surface area (Å²) in [6.45, 7) is 11.1. The van der Waals surface area contributed by atoms with E-state index in [1.165, 1.54) is 22.9 Å². The van der Waals surface area contributed by atoms with E-state index < -0.39 is 5.97 Å². The van der Waals surface area contributed by atoms with Crippen molar-refractivity contribution in [1.29, 1.82) is 5.26 Å². The lowest BCUT2D eigenvalue weighted by atomic mass is 9.69. The Morgan fingerprint density at radius 2 is 1.90 bits per heavy atom. The molecular weight excluding hydrogens is 384 g/mol. The second-order valence-corrected chi connectivity index (χ2v) is 9.66. The van der Waals surface area contributed by atoms with Crippen LogP contribution in [0.15, 0.2) is 22.1 Å². The van der Waals surface area contributed by atoms with Crippen molar-refractivity contribution in [2.75, 3.05) is 18.0 Å². The van der Waals surface area contributed by atoms with Gasteiger partial charge in [-0.2, -0.15) is 5.26 Å². The molecule has 0 aliphatic carbocycles. The van der Waals surface area contributed by atoms with E-state index in [9.17, 15) is 9.90 Å². The molecule has 6 heteroatoms. The lowest BCUT2D eigenvalue weighted by molar-refractivity contribution is -0.132. The van der Waals surface area contributed by atoms with E-state index in [1.807, 2.05) is 6.07 Å². The van der Waals surface area contributed by atoms with E-state index in [1.54, 1.807) is 6.07 Å². The maximum absolute atomic E-state index is 11.3. The average Bonchev–Trinajstić information content (AvgIpc) is 2.63. The predicted octanol–water partition coefficient (Wildman–Crippen LogP) is 5.32. The lowest BCUT2D eigenvalue weighted by Gasteiger charge is -2.48. The third kappa shape index (κ3) is 3.05. The van der Waals surface area contributed by atoms with Crippen LogP contribution in [0.3, 0.4) is 0 Å². The lowest BCUT2D eigenvalue weighted by Crippen LogP contribution is -2.44. The molecule has 2 aliphatic rings. The van der Waals surface area contributed by atoms with Crippen molar-refractivity contribution in [3.8, 4) is 6.07 Å². The van der Waals surface area contributed by atoms with E-state index in [0.717, 1.165) is 36.9 Å². The third-order valence-corrected chi connectivity index (χ3v) is 6.73. The van der Waals surface area contributed by atoms with Gasteiger partial charge in [0.25, 0.3) is 0 Å². The van der Waals surface area contributed by atoms with Crippen LogP contribution in [0.25, 0.3) is 17.0 Å². The number of aliphatic carboxylic acids is 1. The number of anilines is 1. The summed E-state index contributed by atoms with van der Waals surface area (Å²) in [5, 5.41) is 19.2. The van der Waals surface area contributed by atoms with E-state index in [-0.39, 0.29) is 21.1 Å². The highest BCUT2D eigenvalue weighted by molar-refractivity contribution is 7.71. The highest BCUT2D eigenvalue weighted by Crippen LogP contribution is 2.51. The van der Waals surface area contributed by atoms with Crippen LogP contribution >= 0.6 is 12.2 Å². The van der Waals surface area contributed by atoms with Gasteiger partial charge in [-0.25, -0.2) is 4.79 Å². The van der Waals surface area contributed by atoms with Crippen LogP contribution in [0.1, 0.15) is 57.2 Å². The molecule has 2 aromatic rings. The standard InChI is InChI=1S/C23H24N2O3S/c1-22(2)5-7-25-8-6-23(3,4)17-18(25)16(22)11-13-9-14(21(29)28-19(13)17)10-15(12-24)20(26)27/h9-11H,5-8H2,1-4H3,(H,26,27)/b15-10-. The van der Waals surface area contributed by atoms with E-state index in [2.05, 4.69) is 38.7 Å². The van der Waals surface area contributed by atoms with Crippen molar-refractivity contribution in [1.82, 2.24) is 0 Å². The van der Waals surface area contributed by atoms with Gasteiger partial charge in [0.15, 0.2) is 4.71 Å². The molecule has 1 N–H and O–H groups in total. The monoisotopic (exact) mass is 408 g/mol. The smallest absolute Gasteiger partial charge is 0.346 e. The van der Waals surface area contributed by atoms with Crippen molar-refractivity contribution >= 4 is 40.9 Å². The molecule has 1 aromatic carbocycles. The zero-order valence-corrected chi connectivity index (χ0v) is 17.9. The number of hydrogen-bond acceptors (Lipinski definition) is 5. The van der Waals surface area contributed by atoms with Gasteiger partial charge in [0.1, 0.15) is 17.2 Å². The first-order valence-electron chi connectivity index (χ1n) is 9.81. The Morgan fingerprint density at radius 1 is 1.24 bits per heavy atom. The molecule has 0 spiro atoms. The normalized spacial score (nSPS) is 19.6. The molecule has 0 saturated carbocycles. The number of carbonyl (C=O) groups is 1. The summed E-state index contributed by atoms with van der Waals surface area (Å²) in [4.78, 5) is 13.7. The van der Waals surface area contributed by atoms with Gasteiger partial charge in [-0.15, -0.1) is 0 Å². The Kier molecular flexibility index (Phi) is 4.36. The highest BCUT2D eigenvalue weighted by Gasteiger charge is 2.41. The molecule has 0 saturated heterocycles. The molecule has 150 valence electrons. The molecule has 0 fully saturated rings. The van der Waals surface area contributed by atoms with Crippen LogP contribution in [0.2, 0.25) is 0 Å². The zero-order valence-electron chi connectivity index (χ0n) is 17.1. The fraction of sp³-hybridized carbons (Fsp3) is 0.435. The Bertz CT molecular complexity index is 1180. The quantitative estimate of drug-likeness (QED) is 0.411. The van der Waals surface area contributed by atoms with Crippen LogP contribution in [0.5, 0.6) is 0 Å². The number of fused-ring (bicyclic) bond motifs is 2.